The molecule has 1 aromatic rings. The van der Waals surface area contributed by atoms with Gasteiger partial charge in [0.25, 0.3) is 0 Å². The number of alkyl carbamates (subject to hydrolysis) is 1. The maximum Gasteiger partial charge on any atom is 0.408 e. The molecule has 0 spiro atoms. The van der Waals surface area contributed by atoms with Gasteiger partial charge >= 0.3 is 12.1 Å². The minimum atomic E-state index is -0.689. The van der Waals surface area contributed by atoms with Crippen LogP contribution in [0, 0.1) is 6.92 Å². The molecular formula is C17H26N2O6. The quantitative estimate of drug-likeness (QED) is 0.706. The van der Waals surface area contributed by atoms with Crippen LogP contribution in [0.4, 0.5) is 4.79 Å². The van der Waals surface area contributed by atoms with Crippen molar-refractivity contribution in [2.24, 2.45) is 0 Å². The predicted molar refractivity (Wildman–Crippen MR) is 92.1 cm³/mol. The standard InChI is InChI=1S/C10H18N2O5.C7H8O/c1-10(2,3)17-9(15)12-5-7(13)11-6-8(14)16-4;1-6-3-2-4-7(8)5-6/h5-6H2,1-4H3,(H,11,13)(H,12,15);2-5,8H,1H3. The Kier molecular flexibility index (Phi) is 9.69. The lowest BCUT2D eigenvalue weighted by Gasteiger charge is -2.19. The van der Waals surface area contributed by atoms with Gasteiger partial charge in [-0.2, -0.15) is 0 Å². The molecule has 0 bridgehead atoms. The third kappa shape index (κ3) is 13.4. The van der Waals surface area contributed by atoms with Crippen LogP contribution in [0.3, 0.4) is 0 Å². The van der Waals surface area contributed by atoms with E-state index in [1.165, 1.54) is 7.11 Å². The summed E-state index contributed by atoms with van der Waals surface area (Å²) >= 11 is 0. The van der Waals surface area contributed by atoms with E-state index in [-0.39, 0.29) is 13.1 Å². The summed E-state index contributed by atoms with van der Waals surface area (Å²) in [5.74, 6) is -0.720. The minimum Gasteiger partial charge on any atom is -0.508 e. The Morgan fingerprint density at radius 2 is 1.76 bits per heavy atom. The lowest BCUT2D eigenvalue weighted by molar-refractivity contribution is -0.141. The van der Waals surface area contributed by atoms with Gasteiger partial charge in [0.15, 0.2) is 0 Å². The molecule has 0 aliphatic carbocycles. The number of hydrogen-bond donors (Lipinski definition) is 3. The van der Waals surface area contributed by atoms with Crippen LogP contribution in [-0.2, 0) is 19.1 Å². The van der Waals surface area contributed by atoms with Gasteiger partial charge in [-0.1, -0.05) is 12.1 Å². The molecule has 0 aliphatic heterocycles. The zero-order chi connectivity index (χ0) is 19.5. The summed E-state index contributed by atoms with van der Waals surface area (Å²) in [7, 11) is 1.22. The summed E-state index contributed by atoms with van der Waals surface area (Å²) in [6, 6.07) is 7.15. The number of phenolic OH excluding ortho intramolecular Hbond substituents is 1. The molecule has 0 radical (unpaired) electrons. The van der Waals surface area contributed by atoms with Crippen LogP contribution >= 0.6 is 0 Å². The van der Waals surface area contributed by atoms with Gasteiger partial charge in [0, 0.05) is 0 Å². The van der Waals surface area contributed by atoms with Gasteiger partial charge in [-0.15, -0.1) is 0 Å². The van der Waals surface area contributed by atoms with Crippen molar-refractivity contribution in [1.29, 1.82) is 0 Å². The van der Waals surface area contributed by atoms with E-state index < -0.39 is 23.6 Å². The average Bonchev–Trinajstić information content (AvgIpc) is 2.49. The second-order valence-corrected chi connectivity index (χ2v) is 6.05. The summed E-state index contributed by atoms with van der Waals surface area (Å²) in [5.41, 5.74) is 0.469. The van der Waals surface area contributed by atoms with E-state index in [9.17, 15) is 14.4 Å². The molecular weight excluding hydrogens is 328 g/mol. The molecule has 0 aliphatic rings. The molecule has 8 nitrogen and oxygen atoms in total. The number of phenols is 1. The van der Waals surface area contributed by atoms with Crippen LogP contribution < -0.4 is 10.6 Å². The zero-order valence-corrected chi connectivity index (χ0v) is 15.2. The third-order valence-electron chi connectivity index (χ3n) is 2.45. The Labute approximate surface area is 147 Å². The first-order valence-electron chi connectivity index (χ1n) is 7.59. The van der Waals surface area contributed by atoms with Gasteiger partial charge in [-0.05, 0) is 45.4 Å². The molecule has 25 heavy (non-hydrogen) atoms. The molecule has 8 heteroatoms. The first kappa shape index (κ1) is 22.2. The summed E-state index contributed by atoms with van der Waals surface area (Å²) in [6.07, 6.45) is -0.689. The molecule has 0 atom stereocenters. The van der Waals surface area contributed by atoms with Crippen LogP contribution in [0.1, 0.15) is 26.3 Å². The Morgan fingerprint density at radius 1 is 1.12 bits per heavy atom. The van der Waals surface area contributed by atoms with Gasteiger partial charge in [0.2, 0.25) is 5.91 Å². The lowest BCUT2D eigenvalue weighted by Crippen LogP contribution is -2.41. The monoisotopic (exact) mass is 354 g/mol. The van der Waals surface area contributed by atoms with Crippen LogP contribution in [0.5, 0.6) is 5.75 Å². The number of carbonyl (C=O) groups excluding carboxylic acids is 3. The highest BCUT2D eigenvalue weighted by molar-refractivity contribution is 5.85. The number of methoxy groups -OCH3 is 1. The molecule has 2 amide bonds. The fourth-order valence-electron chi connectivity index (χ4n) is 1.40. The van der Waals surface area contributed by atoms with Gasteiger partial charge < -0.3 is 25.2 Å². The fraction of sp³-hybridized carbons (Fsp3) is 0.471. The van der Waals surface area contributed by atoms with Gasteiger partial charge in [-0.25, -0.2) is 4.79 Å². The number of benzene rings is 1. The van der Waals surface area contributed by atoms with Crippen molar-refractivity contribution in [3.8, 4) is 5.75 Å². The smallest absolute Gasteiger partial charge is 0.408 e. The zero-order valence-electron chi connectivity index (χ0n) is 15.2. The first-order chi connectivity index (χ1) is 11.5. The van der Waals surface area contributed by atoms with Crippen LogP contribution in [0.25, 0.3) is 0 Å². The number of carbonyl (C=O) groups is 3. The van der Waals surface area contributed by atoms with Crippen molar-refractivity contribution in [1.82, 2.24) is 10.6 Å². The topological polar surface area (TPSA) is 114 Å². The molecule has 0 saturated heterocycles. The van der Waals surface area contributed by atoms with Crippen molar-refractivity contribution >= 4 is 18.0 Å². The number of esters is 1. The number of aryl methyl sites for hydroxylation is 1. The highest BCUT2D eigenvalue weighted by atomic mass is 16.6. The Bertz CT molecular complexity index is 563. The molecule has 0 heterocycles. The average molecular weight is 354 g/mol. The Hall–Kier alpha value is -2.77. The van der Waals surface area contributed by atoms with Crippen molar-refractivity contribution in [2.75, 3.05) is 20.2 Å². The molecule has 3 N–H and O–H groups in total. The van der Waals surface area contributed by atoms with Crippen LogP contribution in [0.15, 0.2) is 24.3 Å². The van der Waals surface area contributed by atoms with E-state index in [2.05, 4.69) is 15.4 Å². The van der Waals surface area contributed by atoms with E-state index in [1.54, 1.807) is 32.9 Å². The number of amides is 2. The van der Waals surface area contributed by atoms with E-state index in [1.807, 2.05) is 19.1 Å². The molecule has 1 rings (SSSR count). The minimum absolute atomic E-state index is 0.231. The van der Waals surface area contributed by atoms with Crippen molar-refractivity contribution in [2.45, 2.75) is 33.3 Å². The number of nitrogens with one attached hydrogen (secondary N) is 2. The number of hydrogen-bond acceptors (Lipinski definition) is 6. The van der Waals surface area contributed by atoms with Gasteiger partial charge in [0.1, 0.15) is 24.4 Å². The van der Waals surface area contributed by atoms with Crippen molar-refractivity contribution < 1.29 is 29.0 Å². The van der Waals surface area contributed by atoms with Crippen molar-refractivity contribution in [3.05, 3.63) is 29.8 Å². The molecule has 140 valence electrons. The number of aromatic hydroxyl groups is 1. The lowest BCUT2D eigenvalue weighted by atomic mass is 10.2. The van der Waals surface area contributed by atoms with E-state index in [0.29, 0.717) is 5.75 Å². The SMILES string of the molecule is COC(=O)CNC(=O)CNC(=O)OC(C)(C)C.Cc1cccc(O)c1. The second-order valence-electron chi connectivity index (χ2n) is 6.05. The summed E-state index contributed by atoms with van der Waals surface area (Å²) in [4.78, 5) is 33.0. The van der Waals surface area contributed by atoms with E-state index in [0.717, 1.165) is 5.56 Å². The molecule has 0 fully saturated rings. The van der Waals surface area contributed by atoms with Crippen LogP contribution in [0.2, 0.25) is 0 Å². The summed E-state index contributed by atoms with van der Waals surface area (Å²) < 4.78 is 9.24. The third-order valence-corrected chi connectivity index (χ3v) is 2.45. The van der Waals surface area contributed by atoms with Crippen LogP contribution in [-0.4, -0.2) is 48.9 Å². The molecule has 0 saturated carbocycles. The maximum absolute atomic E-state index is 11.2. The Morgan fingerprint density at radius 3 is 2.20 bits per heavy atom. The van der Waals surface area contributed by atoms with Crippen molar-refractivity contribution in [3.63, 3.8) is 0 Å². The van der Waals surface area contributed by atoms with Gasteiger partial charge in [-0.3, -0.25) is 9.59 Å². The second kappa shape index (κ2) is 10.9. The molecule has 0 unspecified atom stereocenters. The highest BCUT2D eigenvalue weighted by Gasteiger charge is 2.16. The normalized spacial score (nSPS) is 9.96. The molecule has 1 aromatic carbocycles. The summed E-state index contributed by atoms with van der Waals surface area (Å²) in [6.45, 7) is 6.59. The number of ether oxygens (including phenoxy) is 2. The van der Waals surface area contributed by atoms with E-state index in [4.69, 9.17) is 9.84 Å². The number of rotatable bonds is 4. The largest absolute Gasteiger partial charge is 0.508 e. The van der Waals surface area contributed by atoms with Gasteiger partial charge in [0.05, 0.1) is 7.11 Å². The van der Waals surface area contributed by atoms with E-state index >= 15 is 0 Å². The highest BCUT2D eigenvalue weighted by Crippen LogP contribution is 2.08. The maximum atomic E-state index is 11.2. The first-order valence-corrected chi connectivity index (χ1v) is 7.59. The summed E-state index contributed by atoms with van der Waals surface area (Å²) in [5, 5.41) is 13.3. The molecule has 0 aromatic heterocycles. The Balaban J connectivity index is 0.000000593. The predicted octanol–water partition coefficient (Wildman–Crippen LogP) is 1.50. The fourth-order valence-corrected chi connectivity index (χ4v) is 1.40.